The number of rotatable bonds is 3. The van der Waals surface area contributed by atoms with Crippen LogP contribution in [0.1, 0.15) is 18.2 Å². The number of nitrogens with zero attached hydrogens (tertiary/aromatic N) is 4. The van der Waals surface area contributed by atoms with Crippen LogP contribution in [0.4, 0.5) is 5.13 Å². The highest BCUT2D eigenvalue weighted by atomic mass is 32.1. The van der Waals surface area contributed by atoms with E-state index >= 15 is 0 Å². The van der Waals surface area contributed by atoms with Crippen LogP contribution in [0, 0.1) is 6.92 Å². The zero-order chi connectivity index (χ0) is 13.9. The van der Waals surface area contributed by atoms with Crippen LogP contribution in [0.3, 0.4) is 0 Å². The van der Waals surface area contributed by atoms with Crippen molar-refractivity contribution in [1.82, 2.24) is 14.9 Å². The van der Waals surface area contributed by atoms with E-state index in [0.29, 0.717) is 6.04 Å². The Morgan fingerprint density at radius 2 is 2.30 bits per heavy atom. The fourth-order valence-electron chi connectivity index (χ4n) is 2.68. The van der Waals surface area contributed by atoms with Crippen molar-refractivity contribution in [3.8, 4) is 0 Å². The molecule has 2 aromatic rings. The minimum Gasteiger partial charge on any atom is -0.343 e. The van der Waals surface area contributed by atoms with Gasteiger partial charge in [-0.05, 0) is 25.5 Å². The van der Waals surface area contributed by atoms with E-state index < -0.39 is 0 Å². The van der Waals surface area contributed by atoms with Crippen molar-refractivity contribution in [2.75, 3.05) is 24.5 Å². The first-order chi connectivity index (χ1) is 9.72. The Hall–Kier alpha value is -1.46. The molecular weight excluding hydrogens is 268 g/mol. The molecule has 0 amide bonds. The van der Waals surface area contributed by atoms with Crippen molar-refractivity contribution in [3.05, 3.63) is 41.2 Å². The van der Waals surface area contributed by atoms with Gasteiger partial charge >= 0.3 is 0 Å². The third kappa shape index (κ3) is 2.99. The van der Waals surface area contributed by atoms with Gasteiger partial charge in [0.1, 0.15) is 0 Å². The Labute approximate surface area is 124 Å². The number of hydrogen-bond donors (Lipinski definition) is 0. The SMILES string of the molecule is Cc1csc(N2CCN(Cc3cccnc3)C[C@H]2C)n1. The zero-order valence-electron chi connectivity index (χ0n) is 12.0. The quantitative estimate of drug-likeness (QED) is 0.869. The fraction of sp³-hybridized carbons (Fsp3) is 0.467. The molecule has 0 spiro atoms. The van der Waals surface area contributed by atoms with Crippen LogP contribution in [0.25, 0.3) is 0 Å². The Morgan fingerprint density at radius 1 is 1.40 bits per heavy atom. The molecule has 3 rings (SSSR count). The van der Waals surface area contributed by atoms with Crippen molar-refractivity contribution in [1.29, 1.82) is 0 Å². The van der Waals surface area contributed by atoms with Gasteiger partial charge in [-0.3, -0.25) is 9.88 Å². The molecule has 0 radical (unpaired) electrons. The van der Waals surface area contributed by atoms with Crippen molar-refractivity contribution in [2.24, 2.45) is 0 Å². The number of anilines is 1. The van der Waals surface area contributed by atoms with E-state index in [1.165, 1.54) is 5.56 Å². The van der Waals surface area contributed by atoms with Crippen molar-refractivity contribution >= 4 is 16.5 Å². The molecule has 0 bridgehead atoms. The summed E-state index contributed by atoms with van der Waals surface area (Å²) in [5.41, 5.74) is 2.41. The van der Waals surface area contributed by atoms with Crippen LogP contribution in [-0.2, 0) is 6.54 Å². The van der Waals surface area contributed by atoms with E-state index in [1.54, 1.807) is 11.3 Å². The topological polar surface area (TPSA) is 32.3 Å². The predicted molar refractivity (Wildman–Crippen MR) is 83.2 cm³/mol. The van der Waals surface area contributed by atoms with E-state index in [0.717, 1.165) is 37.0 Å². The molecule has 0 saturated carbocycles. The normalized spacial score (nSPS) is 20.3. The van der Waals surface area contributed by atoms with Crippen LogP contribution in [0.2, 0.25) is 0 Å². The van der Waals surface area contributed by atoms with Crippen LogP contribution in [0.15, 0.2) is 29.9 Å². The Morgan fingerprint density at radius 3 is 2.95 bits per heavy atom. The third-order valence-corrected chi connectivity index (χ3v) is 4.69. The highest BCUT2D eigenvalue weighted by Crippen LogP contribution is 2.24. The lowest BCUT2D eigenvalue weighted by Gasteiger charge is -2.39. The number of hydrogen-bond acceptors (Lipinski definition) is 5. The summed E-state index contributed by atoms with van der Waals surface area (Å²) in [7, 11) is 0. The molecule has 1 fully saturated rings. The molecule has 1 aliphatic rings. The number of piperazine rings is 1. The van der Waals surface area contributed by atoms with Crippen LogP contribution < -0.4 is 4.90 Å². The summed E-state index contributed by atoms with van der Waals surface area (Å²) >= 11 is 1.75. The highest BCUT2D eigenvalue weighted by molar-refractivity contribution is 7.13. The van der Waals surface area contributed by atoms with Crippen LogP contribution in [-0.4, -0.2) is 40.5 Å². The van der Waals surface area contributed by atoms with Gasteiger partial charge in [0.15, 0.2) is 5.13 Å². The summed E-state index contributed by atoms with van der Waals surface area (Å²) in [6.07, 6.45) is 3.79. The summed E-state index contributed by atoms with van der Waals surface area (Å²) in [5, 5.41) is 3.29. The monoisotopic (exact) mass is 288 g/mol. The second-order valence-electron chi connectivity index (χ2n) is 5.41. The van der Waals surface area contributed by atoms with Crippen molar-refractivity contribution < 1.29 is 0 Å². The van der Waals surface area contributed by atoms with Gasteiger partial charge < -0.3 is 4.90 Å². The largest absolute Gasteiger partial charge is 0.343 e. The molecule has 1 aliphatic heterocycles. The second kappa shape index (κ2) is 5.89. The Kier molecular flexibility index (Phi) is 3.98. The van der Waals surface area contributed by atoms with Gasteiger partial charge in [0.2, 0.25) is 0 Å². The molecule has 0 N–H and O–H groups in total. The molecule has 20 heavy (non-hydrogen) atoms. The molecule has 0 unspecified atom stereocenters. The molecule has 0 aliphatic carbocycles. The predicted octanol–water partition coefficient (Wildman–Crippen LogP) is 2.56. The maximum Gasteiger partial charge on any atom is 0.185 e. The van der Waals surface area contributed by atoms with E-state index in [1.807, 2.05) is 18.5 Å². The fourth-order valence-corrected chi connectivity index (χ4v) is 3.62. The molecule has 5 heteroatoms. The molecule has 0 aromatic carbocycles. The van der Waals surface area contributed by atoms with Gasteiger partial charge in [0, 0.05) is 50.0 Å². The molecule has 4 nitrogen and oxygen atoms in total. The summed E-state index contributed by atoms with van der Waals surface area (Å²) < 4.78 is 0. The number of aryl methyl sites for hydroxylation is 1. The van der Waals surface area contributed by atoms with Crippen molar-refractivity contribution in [3.63, 3.8) is 0 Å². The van der Waals surface area contributed by atoms with Crippen LogP contribution >= 0.6 is 11.3 Å². The minimum atomic E-state index is 0.506. The highest BCUT2D eigenvalue weighted by Gasteiger charge is 2.25. The Balaban J connectivity index is 1.62. The van der Waals surface area contributed by atoms with E-state index in [9.17, 15) is 0 Å². The summed E-state index contributed by atoms with van der Waals surface area (Å²) in [5.74, 6) is 0. The van der Waals surface area contributed by atoms with Crippen LogP contribution in [0.5, 0.6) is 0 Å². The van der Waals surface area contributed by atoms with Gasteiger partial charge in [-0.15, -0.1) is 11.3 Å². The number of pyridine rings is 1. The lowest BCUT2D eigenvalue weighted by atomic mass is 10.2. The first-order valence-corrected chi connectivity index (χ1v) is 7.90. The maximum atomic E-state index is 4.61. The van der Waals surface area contributed by atoms with Gasteiger partial charge in [0.05, 0.1) is 5.69 Å². The lowest BCUT2D eigenvalue weighted by molar-refractivity contribution is 0.220. The van der Waals surface area contributed by atoms with E-state index in [-0.39, 0.29) is 0 Å². The van der Waals surface area contributed by atoms with Gasteiger partial charge in [-0.1, -0.05) is 6.07 Å². The zero-order valence-corrected chi connectivity index (χ0v) is 12.8. The summed E-state index contributed by atoms with van der Waals surface area (Å²) in [6, 6.07) is 4.66. The summed E-state index contributed by atoms with van der Waals surface area (Å²) in [6.45, 7) is 8.54. The molecule has 3 heterocycles. The van der Waals surface area contributed by atoms with Gasteiger partial charge in [-0.2, -0.15) is 0 Å². The molecular formula is C15H20N4S. The molecule has 106 valence electrons. The second-order valence-corrected chi connectivity index (χ2v) is 6.25. The van der Waals surface area contributed by atoms with Gasteiger partial charge in [-0.25, -0.2) is 4.98 Å². The average molecular weight is 288 g/mol. The first-order valence-electron chi connectivity index (χ1n) is 7.02. The maximum absolute atomic E-state index is 4.61. The minimum absolute atomic E-state index is 0.506. The lowest BCUT2D eigenvalue weighted by Crippen LogP contribution is -2.51. The standard InChI is InChI=1S/C15H20N4S/c1-12-11-20-15(17-12)19-7-6-18(9-13(19)2)10-14-4-3-5-16-8-14/h3-5,8,11,13H,6-7,9-10H2,1-2H3/t13-/m1/s1. The average Bonchev–Trinajstić information content (AvgIpc) is 2.86. The van der Waals surface area contributed by atoms with E-state index in [4.69, 9.17) is 0 Å². The number of thiazole rings is 1. The Bertz CT molecular complexity index is 554. The summed E-state index contributed by atoms with van der Waals surface area (Å²) in [4.78, 5) is 13.7. The van der Waals surface area contributed by atoms with E-state index in [2.05, 4.69) is 45.1 Å². The molecule has 1 saturated heterocycles. The third-order valence-electron chi connectivity index (χ3n) is 3.69. The smallest absolute Gasteiger partial charge is 0.185 e. The van der Waals surface area contributed by atoms with Gasteiger partial charge in [0.25, 0.3) is 0 Å². The molecule has 2 aromatic heterocycles. The molecule has 1 atom stereocenters. The first kappa shape index (κ1) is 13.5. The van der Waals surface area contributed by atoms with Crippen molar-refractivity contribution in [2.45, 2.75) is 26.4 Å². The number of aromatic nitrogens is 2.